The molecule has 2 aromatic carbocycles. The molecule has 1 aromatic heterocycles. The molecular weight excluding hydrogens is 366 g/mol. The van der Waals surface area contributed by atoms with Gasteiger partial charge in [-0.2, -0.15) is 4.68 Å². The molecule has 1 aliphatic heterocycles. The smallest absolute Gasteiger partial charge is 0.248 e. The summed E-state index contributed by atoms with van der Waals surface area (Å²) in [5.41, 5.74) is 2.89. The zero-order chi connectivity index (χ0) is 18.8. The van der Waals surface area contributed by atoms with Crippen LogP contribution in [0.5, 0.6) is 11.5 Å². The highest BCUT2D eigenvalue weighted by Gasteiger charge is 2.25. The number of halogens is 1. The van der Waals surface area contributed by atoms with E-state index >= 15 is 0 Å². The van der Waals surface area contributed by atoms with Gasteiger partial charge in [0.1, 0.15) is 6.04 Å². The molecule has 4 rings (SSSR count). The number of anilines is 1. The molecule has 0 spiro atoms. The summed E-state index contributed by atoms with van der Waals surface area (Å²) in [5.74, 6) is 1.95. The van der Waals surface area contributed by atoms with Crippen molar-refractivity contribution in [2.24, 2.45) is 0 Å². The third kappa shape index (κ3) is 3.33. The van der Waals surface area contributed by atoms with Crippen molar-refractivity contribution in [1.29, 1.82) is 0 Å². The Bertz CT molecular complexity index is 984. The molecule has 3 aromatic rings. The van der Waals surface area contributed by atoms with Crippen LogP contribution >= 0.6 is 11.6 Å². The minimum atomic E-state index is -0.188. The Morgan fingerprint density at radius 2 is 1.96 bits per heavy atom. The number of rotatable bonds is 5. The number of aromatic nitrogens is 4. The predicted octanol–water partition coefficient (Wildman–Crippen LogP) is 3.79. The number of benzene rings is 2. The zero-order valence-corrected chi connectivity index (χ0v) is 15.6. The molecular formula is C19H18ClN5O2. The van der Waals surface area contributed by atoms with Crippen LogP contribution in [-0.4, -0.2) is 33.9 Å². The van der Waals surface area contributed by atoms with Crippen LogP contribution in [0, 0.1) is 0 Å². The molecule has 8 heteroatoms. The van der Waals surface area contributed by atoms with Crippen molar-refractivity contribution < 1.29 is 9.47 Å². The molecule has 7 nitrogen and oxygen atoms in total. The number of nitrogens with zero attached hydrogens (tertiary/aromatic N) is 4. The SMILES string of the molecule is CCOc1ccc([C@H]2C=C(c3ccc(Cl)cc3)Nc3nnnn32)cc1OC. The summed E-state index contributed by atoms with van der Waals surface area (Å²) in [6.45, 7) is 2.51. The van der Waals surface area contributed by atoms with E-state index in [1.807, 2.05) is 49.4 Å². The molecule has 2 heterocycles. The Kier molecular flexibility index (Phi) is 4.68. The quantitative estimate of drug-likeness (QED) is 0.722. The molecule has 0 unspecified atom stereocenters. The summed E-state index contributed by atoms with van der Waals surface area (Å²) < 4.78 is 12.8. The fraction of sp³-hybridized carbons (Fsp3) is 0.211. The van der Waals surface area contributed by atoms with Crippen molar-refractivity contribution in [1.82, 2.24) is 20.2 Å². The molecule has 27 heavy (non-hydrogen) atoms. The second-order valence-electron chi connectivity index (χ2n) is 5.95. The maximum Gasteiger partial charge on any atom is 0.248 e. The zero-order valence-electron chi connectivity index (χ0n) is 14.9. The molecule has 0 amide bonds. The number of hydrogen-bond acceptors (Lipinski definition) is 6. The molecule has 1 atom stereocenters. The highest BCUT2D eigenvalue weighted by molar-refractivity contribution is 6.30. The highest BCUT2D eigenvalue weighted by Crippen LogP contribution is 2.36. The van der Waals surface area contributed by atoms with Gasteiger partial charge in [0.2, 0.25) is 5.95 Å². The number of fused-ring (bicyclic) bond motifs is 1. The lowest BCUT2D eigenvalue weighted by Crippen LogP contribution is -2.20. The third-order valence-corrected chi connectivity index (χ3v) is 4.56. The maximum absolute atomic E-state index is 6.01. The normalized spacial score (nSPS) is 15.5. The standard InChI is InChI=1S/C19H18ClN5O2/c1-3-27-17-9-6-13(10-18(17)26-2)16-11-15(12-4-7-14(20)8-5-12)21-19-22-23-24-25(16)19/h4-11,16H,3H2,1-2H3,(H,21,22,24)/t16-/m1/s1. The van der Waals surface area contributed by atoms with Crippen molar-refractivity contribution >= 4 is 23.2 Å². The Morgan fingerprint density at radius 3 is 2.70 bits per heavy atom. The van der Waals surface area contributed by atoms with Crippen LogP contribution in [-0.2, 0) is 0 Å². The van der Waals surface area contributed by atoms with Crippen molar-refractivity contribution in [3.05, 3.63) is 64.7 Å². The summed E-state index contributed by atoms with van der Waals surface area (Å²) >= 11 is 6.01. The molecule has 1 aliphatic rings. The fourth-order valence-corrected chi connectivity index (χ4v) is 3.16. The number of tetrazole rings is 1. The van der Waals surface area contributed by atoms with Gasteiger partial charge in [0.15, 0.2) is 11.5 Å². The first-order valence-electron chi connectivity index (χ1n) is 8.53. The third-order valence-electron chi connectivity index (χ3n) is 4.31. The monoisotopic (exact) mass is 383 g/mol. The lowest BCUT2D eigenvalue weighted by molar-refractivity contribution is 0.310. The molecule has 0 saturated heterocycles. The molecule has 1 N–H and O–H groups in total. The lowest BCUT2D eigenvalue weighted by atomic mass is 10.0. The van der Waals surface area contributed by atoms with Crippen LogP contribution < -0.4 is 14.8 Å². The van der Waals surface area contributed by atoms with Gasteiger partial charge in [-0.3, -0.25) is 0 Å². The van der Waals surface area contributed by atoms with E-state index < -0.39 is 0 Å². The van der Waals surface area contributed by atoms with Crippen LogP contribution in [0.4, 0.5) is 5.95 Å². The first-order valence-corrected chi connectivity index (χ1v) is 8.90. The number of nitrogens with one attached hydrogen (secondary N) is 1. The van der Waals surface area contributed by atoms with E-state index in [1.54, 1.807) is 11.8 Å². The van der Waals surface area contributed by atoms with Gasteiger partial charge in [0, 0.05) is 10.7 Å². The lowest BCUT2D eigenvalue weighted by Gasteiger charge is -2.24. The summed E-state index contributed by atoms with van der Waals surface area (Å²) in [5, 5.41) is 16.0. The van der Waals surface area contributed by atoms with E-state index in [9.17, 15) is 0 Å². The highest BCUT2D eigenvalue weighted by atomic mass is 35.5. The largest absolute Gasteiger partial charge is 0.493 e. The Balaban J connectivity index is 1.77. The van der Waals surface area contributed by atoms with E-state index in [0.717, 1.165) is 16.8 Å². The molecule has 0 fully saturated rings. The second kappa shape index (κ2) is 7.28. The molecule has 0 radical (unpaired) electrons. The number of allylic oxidation sites excluding steroid dienone is 1. The second-order valence-corrected chi connectivity index (χ2v) is 6.38. The topological polar surface area (TPSA) is 74.1 Å². The van der Waals surface area contributed by atoms with E-state index in [0.29, 0.717) is 29.1 Å². The molecule has 138 valence electrons. The molecule has 0 saturated carbocycles. The van der Waals surface area contributed by atoms with Crippen LogP contribution in [0.2, 0.25) is 5.02 Å². The van der Waals surface area contributed by atoms with E-state index in [-0.39, 0.29) is 6.04 Å². The first kappa shape index (κ1) is 17.4. The van der Waals surface area contributed by atoms with Crippen LogP contribution in [0.15, 0.2) is 48.5 Å². The van der Waals surface area contributed by atoms with Crippen molar-refractivity contribution in [2.75, 3.05) is 19.0 Å². The number of ether oxygens (including phenoxy) is 2. The average molecular weight is 384 g/mol. The van der Waals surface area contributed by atoms with Gasteiger partial charge in [-0.1, -0.05) is 34.9 Å². The summed E-state index contributed by atoms with van der Waals surface area (Å²) in [4.78, 5) is 0. The van der Waals surface area contributed by atoms with E-state index in [2.05, 4.69) is 26.9 Å². The minimum Gasteiger partial charge on any atom is -0.493 e. The van der Waals surface area contributed by atoms with Crippen molar-refractivity contribution in [2.45, 2.75) is 13.0 Å². The van der Waals surface area contributed by atoms with Crippen LogP contribution in [0.25, 0.3) is 5.70 Å². The van der Waals surface area contributed by atoms with E-state index in [1.165, 1.54) is 0 Å². The van der Waals surface area contributed by atoms with Crippen molar-refractivity contribution in [3.8, 4) is 11.5 Å². The van der Waals surface area contributed by atoms with Crippen molar-refractivity contribution in [3.63, 3.8) is 0 Å². The Hall–Kier alpha value is -3.06. The van der Waals surface area contributed by atoms with Gasteiger partial charge in [-0.05, 0) is 58.8 Å². The predicted molar refractivity (Wildman–Crippen MR) is 103 cm³/mol. The van der Waals surface area contributed by atoms with Gasteiger partial charge < -0.3 is 14.8 Å². The van der Waals surface area contributed by atoms with Gasteiger partial charge in [0.05, 0.1) is 13.7 Å². The van der Waals surface area contributed by atoms with Gasteiger partial charge in [-0.25, -0.2) is 0 Å². The number of methoxy groups -OCH3 is 1. The van der Waals surface area contributed by atoms with Gasteiger partial charge >= 0.3 is 0 Å². The van der Waals surface area contributed by atoms with Gasteiger partial charge in [-0.15, -0.1) is 0 Å². The van der Waals surface area contributed by atoms with Crippen LogP contribution in [0.3, 0.4) is 0 Å². The Morgan fingerprint density at radius 1 is 1.15 bits per heavy atom. The summed E-state index contributed by atoms with van der Waals surface area (Å²) in [6, 6.07) is 13.3. The van der Waals surface area contributed by atoms with Crippen LogP contribution in [0.1, 0.15) is 24.1 Å². The molecule has 0 bridgehead atoms. The Labute approximate surface area is 161 Å². The molecule has 0 aliphatic carbocycles. The maximum atomic E-state index is 6.01. The summed E-state index contributed by atoms with van der Waals surface area (Å²) in [7, 11) is 1.63. The van der Waals surface area contributed by atoms with Gasteiger partial charge in [0.25, 0.3) is 0 Å². The average Bonchev–Trinajstić information content (AvgIpc) is 3.17. The summed E-state index contributed by atoms with van der Waals surface area (Å²) in [6.07, 6.45) is 2.07. The number of hydrogen-bond donors (Lipinski definition) is 1. The fourth-order valence-electron chi connectivity index (χ4n) is 3.03. The van der Waals surface area contributed by atoms with E-state index in [4.69, 9.17) is 21.1 Å². The first-order chi connectivity index (χ1) is 13.2. The minimum absolute atomic E-state index is 0.188.